The van der Waals surface area contributed by atoms with Crippen molar-refractivity contribution in [2.45, 2.75) is 33.2 Å². The van der Waals surface area contributed by atoms with Crippen LogP contribution in [0, 0.1) is 13.8 Å². The van der Waals surface area contributed by atoms with Crippen molar-refractivity contribution < 1.29 is 9.90 Å². The zero-order chi connectivity index (χ0) is 14.0. The van der Waals surface area contributed by atoms with Gasteiger partial charge in [0.1, 0.15) is 0 Å². The lowest BCUT2D eigenvalue weighted by Crippen LogP contribution is -2.37. The fourth-order valence-corrected chi connectivity index (χ4v) is 2.21. The number of carbonyl (C=O) groups is 1. The summed E-state index contributed by atoms with van der Waals surface area (Å²) < 4.78 is 0. The van der Waals surface area contributed by atoms with Gasteiger partial charge in [0.2, 0.25) is 0 Å². The van der Waals surface area contributed by atoms with E-state index in [0.717, 1.165) is 16.6 Å². The third-order valence-corrected chi connectivity index (χ3v) is 3.64. The van der Waals surface area contributed by atoms with E-state index < -0.39 is 0 Å². The van der Waals surface area contributed by atoms with Gasteiger partial charge < -0.3 is 15.4 Å². The van der Waals surface area contributed by atoms with Gasteiger partial charge in [0.05, 0.1) is 23.7 Å². The lowest BCUT2D eigenvalue weighted by Gasteiger charge is -2.14. The maximum Gasteiger partial charge on any atom is 0.253 e. The van der Waals surface area contributed by atoms with Crippen LogP contribution in [0.2, 0.25) is 0 Å². The molecule has 1 unspecified atom stereocenters. The number of aryl methyl sites for hydroxylation is 2. The number of amides is 1. The van der Waals surface area contributed by atoms with E-state index in [4.69, 9.17) is 5.11 Å². The minimum absolute atomic E-state index is 0.0407. The Bertz CT molecular complexity index is 597. The van der Waals surface area contributed by atoms with E-state index >= 15 is 0 Å². The number of hydrogen-bond acceptors (Lipinski definition) is 2. The van der Waals surface area contributed by atoms with Crippen molar-refractivity contribution >= 4 is 16.8 Å². The summed E-state index contributed by atoms with van der Waals surface area (Å²) in [5, 5.41) is 13.1. The molecule has 0 aliphatic heterocycles. The molecule has 0 bridgehead atoms. The number of aliphatic hydroxyl groups is 1. The molecule has 0 radical (unpaired) electrons. The van der Waals surface area contributed by atoms with E-state index in [1.807, 2.05) is 32.9 Å². The van der Waals surface area contributed by atoms with E-state index in [9.17, 15) is 4.79 Å². The molecule has 0 aliphatic carbocycles. The second kappa shape index (κ2) is 5.45. The van der Waals surface area contributed by atoms with E-state index in [1.54, 1.807) is 6.07 Å². The molecule has 0 fully saturated rings. The van der Waals surface area contributed by atoms with Gasteiger partial charge in [-0.15, -0.1) is 0 Å². The Hall–Kier alpha value is -1.81. The van der Waals surface area contributed by atoms with E-state index in [1.165, 1.54) is 5.56 Å². The summed E-state index contributed by atoms with van der Waals surface area (Å²) in [6.07, 6.45) is 0.709. The largest absolute Gasteiger partial charge is 0.394 e. The van der Waals surface area contributed by atoms with Gasteiger partial charge in [-0.2, -0.15) is 0 Å². The zero-order valence-corrected chi connectivity index (χ0v) is 11.6. The minimum Gasteiger partial charge on any atom is -0.394 e. The molecule has 0 saturated heterocycles. The number of nitrogens with one attached hydrogen (secondary N) is 2. The predicted octanol–water partition coefficient (Wildman–Crippen LogP) is 2.29. The normalized spacial score (nSPS) is 12.6. The first-order chi connectivity index (χ1) is 9.08. The second-order valence-electron chi connectivity index (χ2n) is 4.86. The third kappa shape index (κ3) is 2.49. The molecular weight excluding hydrogens is 240 g/mol. The maximum absolute atomic E-state index is 12.3. The number of benzene rings is 1. The highest BCUT2D eigenvalue weighted by Gasteiger charge is 2.16. The summed E-state index contributed by atoms with van der Waals surface area (Å²) in [7, 11) is 0. The Morgan fingerprint density at radius 2 is 2.16 bits per heavy atom. The van der Waals surface area contributed by atoms with Crippen LogP contribution in [0.1, 0.15) is 35.0 Å². The Morgan fingerprint density at radius 1 is 1.42 bits per heavy atom. The number of aromatic amines is 1. The molecule has 1 aromatic carbocycles. The van der Waals surface area contributed by atoms with E-state index in [-0.39, 0.29) is 18.6 Å². The number of fused-ring (bicyclic) bond motifs is 1. The first kappa shape index (κ1) is 13.6. The van der Waals surface area contributed by atoms with Crippen molar-refractivity contribution in [2.75, 3.05) is 6.61 Å². The topological polar surface area (TPSA) is 65.1 Å². The van der Waals surface area contributed by atoms with Crippen LogP contribution in [0.25, 0.3) is 10.9 Å². The summed E-state index contributed by atoms with van der Waals surface area (Å²) in [4.78, 5) is 15.5. The molecule has 3 N–H and O–H groups in total. The Labute approximate surface area is 112 Å². The number of hydrogen-bond donors (Lipinski definition) is 3. The van der Waals surface area contributed by atoms with Gasteiger partial charge in [0, 0.05) is 11.1 Å². The lowest BCUT2D eigenvalue weighted by atomic mass is 10.1. The van der Waals surface area contributed by atoms with Crippen LogP contribution in [0.4, 0.5) is 0 Å². The summed E-state index contributed by atoms with van der Waals surface area (Å²) in [6.45, 7) is 5.93. The van der Waals surface area contributed by atoms with Crippen LogP contribution in [0.5, 0.6) is 0 Å². The smallest absolute Gasteiger partial charge is 0.253 e. The molecule has 2 aromatic rings. The van der Waals surface area contributed by atoms with E-state index in [2.05, 4.69) is 10.3 Å². The molecule has 102 valence electrons. The molecule has 1 aromatic heterocycles. The molecule has 4 heteroatoms. The number of rotatable bonds is 4. The molecule has 4 nitrogen and oxygen atoms in total. The highest BCUT2D eigenvalue weighted by Crippen LogP contribution is 2.24. The minimum atomic E-state index is -0.195. The van der Waals surface area contributed by atoms with Crippen molar-refractivity contribution in [1.29, 1.82) is 0 Å². The van der Waals surface area contributed by atoms with Crippen molar-refractivity contribution in [3.8, 4) is 0 Å². The van der Waals surface area contributed by atoms with Crippen molar-refractivity contribution in [2.24, 2.45) is 0 Å². The van der Waals surface area contributed by atoms with Crippen LogP contribution >= 0.6 is 0 Å². The van der Waals surface area contributed by atoms with E-state index in [0.29, 0.717) is 12.0 Å². The first-order valence-corrected chi connectivity index (χ1v) is 6.58. The fourth-order valence-electron chi connectivity index (χ4n) is 2.21. The highest BCUT2D eigenvalue weighted by atomic mass is 16.3. The Balaban J connectivity index is 2.40. The van der Waals surface area contributed by atoms with Gasteiger partial charge in [-0.3, -0.25) is 4.79 Å². The van der Waals surface area contributed by atoms with Crippen LogP contribution < -0.4 is 5.32 Å². The van der Waals surface area contributed by atoms with Crippen molar-refractivity contribution in [1.82, 2.24) is 10.3 Å². The molecule has 2 rings (SSSR count). The number of aliphatic hydroxyl groups excluding tert-OH is 1. The SMILES string of the molecule is CCC(CO)NC(=O)c1cccc2c(C)c(C)[nH]c12. The lowest BCUT2D eigenvalue weighted by molar-refractivity contribution is 0.0916. The summed E-state index contributed by atoms with van der Waals surface area (Å²) in [5.74, 6) is -0.146. The molecule has 0 spiro atoms. The number of aromatic nitrogens is 1. The molecule has 1 atom stereocenters. The third-order valence-electron chi connectivity index (χ3n) is 3.64. The average Bonchev–Trinajstić information content (AvgIpc) is 2.71. The molecule has 0 aliphatic rings. The van der Waals surface area contributed by atoms with Crippen molar-refractivity contribution in [3.63, 3.8) is 0 Å². The number of carbonyl (C=O) groups excluding carboxylic acids is 1. The zero-order valence-electron chi connectivity index (χ0n) is 11.6. The van der Waals surface area contributed by atoms with Crippen LogP contribution in [0.3, 0.4) is 0 Å². The molecular formula is C15H20N2O2. The van der Waals surface area contributed by atoms with Gasteiger partial charge in [0.15, 0.2) is 0 Å². The molecule has 19 heavy (non-hydrogen) atoms. The Kier molecular flexibility index (Phi) is 3.90. The van der Waals surface area contributed by atoms with Crippen LogP contribution in [0.15, 0.2) is 18.2 Å². The number of H-pyrrole nitrogens is 1. The maximum atomic E-state index is 12.3. The molecule has 0 saturated carbocycles. The van der Waals surface area contributed by atoms with Crippen LogP contribution in [-0.2, 0) is 0 Å². The second-order valence-corrected chi connectivity index (χ2v) is 4.86. The quantitative estimate of drug-likeness (QED) is 0.789. The van der Waals surface area contributed by atoms with Gasteiger partial charge in [-0.1, -0.05) is 19.1 Å². The Morgan fingerprint density at radius 3 is 2.79 bits per heavy atom. The summed E-state index contributed by atoms with van der Waals surface area (Å²) >= 11 is 0. The van der Waals surface area contributed by atoms with Gasteiger partial charge in [0.25, 0.3) is 5.91 Å². The van der Waals surface area contributed by atoms with Gasteiger partial charge in [-0.25, -0.2) is 0 Å². The number of para-hydroxylation sites is 1. The monoisotopic (exact) mass is 260 g/mol. The highest BCUT2D eigenvalue weighted by molar-refractivity contribution is 6.06. The van der Waals surface area contributed by atoms with Crippen LogP contribution in [-0.4, -0.2) is 28.6 Å². The van der Waals surface area contributed by atoms with Gasteiger partial charge >= 0.3 is 0 Å². The predicted molar refractivity (Wildman–Crippen MR) is 76.4 cm³/mol. The molecule has 1 amide bonds. The standard InChI is InChI=1S/C15H20N2O2/c1-4-11(8-18)17-15(19)13-7-5-6-12-9(2)10(3)16-14(12)13/h5-7,11,16,18H,4,8H2,1-3H3,(H,17,19). The summed E-state index contributed by atoms with van der Waals surface area (Å²) in [5.41, 5.74) is 3.73. The average molecular weight is 260 g/mol. The fraction of sp³-hybridized carbons (Fsp3) is 0.400. The van der Waals surface area contributed by atoms with Crippen molar-refractivity contribution in [3.05, 3.63) is 35.0 Å². The van der Waals surface area contributed by atoms with Gasteiger partial charge in [-0.05, 0) is 31.9 Å². The first-order valence-electron chi connectivity index (χ1n) is 6.58. The summed E-state index contributed by atoms with van der Waals surface area (Å²) in [6, 6.07) is 5.50. The molecule has 1 heterocycles.